The summed E-state index contributed by atoms with van der Waals surface area (Å²) in [5, 5.41) is 2.26. The Morgan fingerprint density at radius 2 is 1.04 bits per heavy atom. The molecule has 11 aromatic rings. The number of hydrogen-bond donors (Lipinski definition) is 0. The number of benzene rings is 9. The zero-order valence-corrected chi connectivity index (χ0v) is 39.1. The van der Waals surface area contributed by atoms with Gasteiger partial charge in [-0.3, -0.25) is 0 Å². The van der Waals surface area contributed by atoms with Gasteiger partial charge in [0.2, 0.25) is 0 Å². The number of para-hydroxylation sites is 3. The zero-order chi connectivity index (χ0) is 44.0. The van der Waals surface area contributed by atoms with Crippen molar-refractivity contribution < 1.29 is 21.1 Å². The first-order valence-electron chi connectivity index (χ1n) is 22.5. The van der Waals surface area contributed by atoms with Crippen LogP contribution in [-0.4, -0.2) is 23.3 Å². The van der Waals surface area contributed by atoms with Gasteiger partial charge >= 0.3 is 21.1 Å². The van der Waals surface area contributed by atoms with E-state index < -0.39 is 5.41 Å². The molecule has 3 heterocycles. The summed E-state index contributed by atoms with van der Waals surface area (Å²) in [4.78, 5) is 9.85. The van der Waals surface area contributed by atoms with E-state index in [-0.39, 0.29) is 21.1 Å². The van der Waals surface area contributed by atoms with Crippen molar-refractivity contribution in [2.45, 2.75) is 5.41 Å². The number of nitrogens with zero attached hydrogens (tertiary/aromatic N) is 4. The van der Waals surface area contributed by atoms with Crippen LogP contribution in [0.2, 0.25) is 0 Å². The molecular formula is C62H44N4Pt. The molecule has 0 spiro atoms. The van der Waals surface area contributed by atoms with Crippen LogP contribution in [0.25, 0.3) is 61.0 Å². The van der Waals surface area contributed by atoms with Crippen LogP contribution in [0, 0.1) is 12.1 Å². The zero-order valence-electron chi connectivity index (χ0n) is 36.8. The standard InChI is InChI=1S/C62H44N4.Pt/c1-64-43-65(58-35-17-16-34-57(58)64)51-29-18-28-49(41-51)62(47-24-10-4-11-25-47,48-26-12-5-13-27-48)50-36-37-55-54-30-14-15-33-56(54)66(59(55)42-50)60-40-46(38-39-63-60)61-52(44-20-6-2-7-21-44)31-19-32-53(61)45-22-8-3-9-23-45;/h2-40H,43H2,1H3;/q-2;+2. The average molecular weight is 1040 g/mol. The Labute approximate surface area is 406 Å². The Kier molecular flexibility index (Phi) is 11.0. The third-order valence-electron chi connectivity index (χ3n) is 13.3. The molecule has 4 nitrogen and oxygen atoms in total. The number of fused-ring (bicyclic) bond motifs is 4. The first-order valence-corrected chi connectivity index (χ1v) is 22.5. The fourth-order valence-electron chi connectivity index (χ4n) is 10.4. The molecule has 322 valence electrons. The molecular weight excluding hydrogens is 996 g/mol. The Balaban J connectivity index is 0.00000494. The Morgan fingerprint density at radius 3 is 1.72 bits per heavy atom. The van der Waals surface area contributed by atoms with Crippen molar-refractivity contribution in [3.8, 4) is 39.2 Å². The van der Waals surface area contributed by atoms with Crippen LogP contribution in [0.15, 0.2) is 237 Å². The maximum Gasteiger partial charge on any atom is 2.00 e. The van der Waals surface area contributed by atoms with Gasteiger partial charge in [-0.2, -0.15) is 36.4 Å². The van der Waals surface area contributed by atoms with Crippen molar-refractivity contribution >= 4 is 38.9 Å². The molecule has 0 unspecified atom stereocenters. The van der Waals surface area contributed by atoms with Crippen molar-refractivity contribution in [2.24, 2.45) is 0 Å². The summed E-state index contributed by atoms with van der Waals surface area (Å²) in [5.74, 6) is 0.823. The van der Waals surface area contributed by atoms with E-state index in [1.807, 2.05) is 6.20 Å². The fraction of sp³-hybridized carbons (Fsp3) is 0.0484. The van der Waals surface area contributed by atoms with Crippen LogP contribution >= 0.6 is 0 Å². The molecule has 0 amide bonds. The van der Waals surface area contributed by atoms with Crippen LogP contribution in [0.5, 0.6) is 0 Å². The van der Waals surface area contributed by atoms with Gasteiger partial charge in [0.25, 0.3) is 0 Å². The van der Waals surface area contributed by atoms with Crippen LogP contribution in [0.1, 0.15) is 22.3 Å². The summed E-state index contributed by atoms with van der Waals surface area (Å²) in [6.45, 7) is 0.732. The molecule has 0 atom stereocenters. The predicted octanol–water partition coefficient (Wildman–Crippen LogP) is 14.7. The SMILES string of the molecule is CN1CN(c2[c-]c(C(c3[c-]c4c(cc3)c3ccccc3n4-c3cc(-c4c(-c5ccccc5)cccc4-c4ccccc4)ccn3)(c3ccccc3)c3ccccc3)ccc2)c2ccccc21.[Pt+2]. The summed E-state index contributed by atoms with van der Waals surface area (Å²) >= 11 is 0. The molecule has 2 aromatic heterocycles. The molecule has 1 aliphatic heterocycles. The molecule has 0 saturated heterocycles. The first kappa shape index (κ1) is 41.9. The normalized spacial score (nSPS) is 12.3. The third-order valence-corrected chi connectivity index (χ3v) is 13.3. The van der Waals surface area contributed by atoms with Gasteiger partial charge in [0.1, 0.15) is 5.82 Å². The molecule has 0 fully saturated rings. The molecule has 0 aliphatic carbocycles. The van der Waals surface area contributed by atoms with E-state index in [2.05, 4.69) is 264 Å². The molecule has 9 aromatic carbocycles. The number of aromatic nitrogens is 2. The van der Waals surface area contributed by atoms with Crippen LogP contribution in [0.3, 0.4) is 0 Å². The molecule has 0 N–H and O–H groups in total. The fourth-order valence-corrected chi connectivity index (χ4v) is 10.4. The van der Waals surface area contributed by atoms with Gasteiger partial charge < -0.3 is 14.4 Å². The molecule has 1 aliphatic rings. The van der Waals surface area contributed by atoms with E-state index in [0.717, 1.165) is 67.8 Å². The van der Waals surface area contributed by atoms with Crippen molar-refractivity contribution in [3.63, 3.8) is 0 Å². The summed E-state index contributed by atoms with van der Waals surface area (Å²) in [5.41, 5.74) is 15.9. The van der Waals surface area contributed by atoms with Crippen molar-refractivity contribution in [2.75, 3.05) is 23.5 Å². The van der Waals surface area contributed by atoms with E-state index in [0.29, 0.717) is 0 Å². The number of rotatable bonds is 9. The largest absolute Gasteiger partial charge is 2.00 e. The Hall–Kier alpha value is -7.78. The van der Waals surface area contributed by atoms with Gasteiger partial charge in [0, 0.05) is 24.2 Å². The van der Waals surface area contributed by atoms with Gasteiger partial charge in [-0.25, -0.2) is 4.98 Å². The van der Waals surface area contributed by atoms with Gasteiger partial charge in [0.15, 0.2) is 0 Å². The quantitative estimate of drug-likeness (QED) is 0.106. The number of anilines is 3. The molecule has 5 heteroatoms. The van der Waals surface area contributed by atoms with Crippen LogP contribution in [0.4, 0.5) is 17.1 Å². The minimum atomic E-state index is -0.798. The average Bonchev–Trinajstić information content (AvgIpc) is 3.92. The van der Waals surface area contributed by atoms with E-state index in [9.17, 15) is 0 Å². The van der Waals surface area contributed by atoms with Crippen molar-refractivity contribution in [1.29, 1.82) is 0 Å². The second kappa shape index (κ2) is 17.5. The maximum absolute atomic E-state index is 5.19. The van der Waals surface area contributed by atoms with Crippen molar-refractivity contribution in [3.05, 3.63) is 271 Å². The van der Waals surface area contributed by atoms with E-state index >= 15 is 0 Å². The number of hydrogen-bond acceptors (Lipinski definition) is 3. The summed E-state index contributed by atoms with van der Waals surface area (Å²) in [6, 6.07) is 90.8. The monoisotopic (exact) mass is 1040 g/mol. The summed E-state index contributed by atoms with van der Waals surface area (Å²) < 4.78 is 2.31. The molecule has 0 saturated carbocycles. The van der Waals surface area contributed by atoms with E-state index in [4.69, 9.17) is 4.98 Å². The van der Waals surface area contributed by atoms with Gasteiger partial charge in [0.05, 0.1) is 18.0 Å². The van der Waals surface area contributed by atoms with E-state index in [1.165, 1.54) is 39.2 Å². The first-order chi connectivity index (χ1) is 32.7. The minimum Gasteiger partial charge on any atom is -0.355 e. The van der Waals surface area contributed by atoms with Crippen molar-refractivity contribution in [1.82, 2.24) is 9.55 Å². The predicted molar refractivity (Wildman–Crippen MR) is 273 cm³/mol. The minimum absolute atomic E-state index is 0. The topological polar surface area (TPSA) is 24.3 Å². The van der Waals surface area contributed by atoms with E-state index in [1.54, 1.807) is 0 Å². The van der Waals surface area contributed by atoms with Gasteiger partial charge in [-0.1, -0.05) is 181 Å². The van der Waals surface area contributed by atoms with Crippen LogP contribution in [-0.2, 0) is 26.5 Å². The van der Waals surface area contributed by atoms with Crippen LogP contribution < -0.4 is 9.80 Å². The smallest absolute Gasteiger partial charge is 0.355 e. The molecule has 0 radical (unpaired) electrons. The second-order valence-corrected chi connectivity index (χ2v) is 17.0. The second-order valence-electron chi connectivity index (χ2n) is 17.0. The summed E-state index contributed by atoms with van der Waals surface area (Å²) in [7, 11) is 2.15. The third kappa shape index (κ3) is 7.08. The number of pyridine rings is 1. The molecule has 0 bridgehead atoms. The van der Waals surface area contributed by atoms with Gasteiger partial charge in [-0.15, -0.1) is 22.6 Å². The summed E-state index contributed by atoms with van der Waals surface area (Å²) in [6.07, 6.45) is 1.96. The maximum atomic E-state index is 5.19. The Morgan fingerprint density at radius 1 is 0.478 bits per heavy atom. The van der Waals surface area contributed by atoms with Gasteiger partial charge in [-0.05, 0) is 80.2 Å². The Bertz CT molecular complexity index is 3440. The molecule has 12 rings (SSSR count). The molecule has 67 heavy (non-hydrogen) atoms.